The first-order valence-electron chi connectivity index (χ1n) is 7.96. The maximum atomic E-state index is 11.7. The average Bonchev–Trinajstić information content (AvgIpc) is 2.56. The first kappa shape index (κ1) is 15.5. The molecular weight excluding hydrogens is 292 g/mol. The highest BCUT2D eigenvalue weighted by atomic mass is 16.5. The Morgan fingerprint density at radius 2 is 2.09 bits per heavy atom. The maximum absolute atomic E-state index is 11.7. The summed E-state index contributed by atoms with van der Waals surface area (Å²) in [6.45, 7) is 4.45. The minimum Gasteiger partial charge on any atom is -0.477 e. The van der Waals surface area contributed by atoms with Gasteiger partial charge in [0.15, 0.2) is 0 Å². The smallest absolute Gasteiger partial charge is 0.255 e. The van der Waals surface area contributed by atoms with E-state index in [4.69, 9.17) is 4.74 Å². The van der Waals surface area contributed by atoms with Gasteiger partial charge in [-0.3, -0.25) is 4.79 Å². The fourth-order valence-electron chi connectivity index (χ4n) is 2.76. The maximum Gasteiger partial charge on any atom is 0.255 e. The lowest BCUT2D eigenvalue weighted by molar-refractivity contribution is 0.215. The van der Waals surface area contributed by atoms with Crippen LogP contribution in [0.5, 0.6) is 5.88 Å². The third-order valence-electron chi connectivity index (χ3n) is 4.23. The fraction of sp³-hybridized carbons (Fsp3) is 0.471. The van der Waals surface area contributed by atoms with E-state index < -0.39 is 0 Å². The number of hydrogen-bond acceptors (Lipinski definition) is 5. The monoisotopic (exact) mass is 314 g/mol. The average molecular weight is 314 g/mol. The first-order chi connectivity index (χ1) is 11.1. The molecule has 122 valence electrons. The lowest BCUT2D eigenvalue weighted by Gasteiger charge is -2.32. The Morgan fingerprint density at radius 1 is 1.30 bits per heavy atom. The topological polar surface area (TPSA) is 60.2 Å². The molecule has 6 heteroatoms. The molecule has 0 saturated carbocycles. The summed E-state index contributed by atoms with van der Waals surface area (Å²) >= 11 is 0. The SMILES string of the molecule is Cc1cccc(OCC2CCN(c3cc(=O)n(C)cn3)CC2)n1. The van der Waals surface area contributed by atoms with Gasteiger partial charge in [-0.05, 0) is 31.7 Å². The highest BCUT2D eigenvalue weighted by Crippen LogP contribution is 2.21. The highest BCUT2D eigenvalue weighted by molar-refractivity contribution is 5.37. The van der Waals surface area contributed by atoms with Crippen molar-refractivity contribution in [2.45, 2.75) is 19.8 Å². The van der Waals surface area contributed by atoms with Crippen molar-refractivity contribution in [1.82, 2.24) is 14.5 Å². The summed E-state index contributed by atoms with van der Waals surface area (Å²) in [5.74, 6) is 1.98. The molecule has 23 heavy (non-hydrogen) atoms. The molecule has 1 saturated heterocycles. The van der Waals surface area contributed by atoms with Crippen LogP contribution in [-0.2, 0) is 7.05 Å². The van der Waals surface area contributed by atoms with Gasteiger partial charge in [0.2, 0.25) is 5.88 Å². The van der Waals surface area contributed by atoms with Gasteiger partial charge < -0.3 is 14.2 Å². The Hall–Kier alpha value is -2.37. The van der Waals surface area contributed by atoms with Crippen LogP contribution in [0.3, 0.4) is 0 Å². The zero-order valence-corrected chi connectivity index (χ0v) is 13.6. The Morgan fingerprint density at radius 3 is 2.78 bits per heavy atom. The van der Waals surface area contributed by atoms with Crippen LogP contribution in [-0.4, -0.2) is 34.2 Å². The summed E-state index contributed by atoms with van der Waals surface area (Å²) < 4.78 is 7.29. The van der Waals surface area contributed by atoms with Crippen LogP contribution in [0, 0.1) is 12.8 Å². The Balaban J connectivity index is 1.52. The van der Waals surface area contributed by atoms with Crippen LogP contribution in [0.2, 0.25) is 0 Å². The van der Waals surface area contributed by atoms with Gasteiger partial charge in [-0.25, -0.2) is 9.97 Å². The van der Waals surface area contributed by atoms with Crippen molar-refractivity contribution in [1.29, 1.82) is 0 Å². The molecule has 0 N–H and O–H groups in total. The van der Waals surface area contributed by atoms with E-state index in [0.717, 1.165) is 37.4 Å². The predicted molar refractivity (Wildman–Crippen MR) is 88.9 cm³/mol. The number of aromatic nitrogens is 3. The Labute approximate surface area is 135 Å². The molecule has 3 rings (SSSR count). The molecule has 6 nitrogen and oxygen atoms in total. The minimum absolute atomic E-state index is 0.0222. The van der Waals surface area contributed by atoms with Gasteiger partial charge in [-0.2, -0.15) is 0 Å². The van der Waals surface area contributed by atoms with Crippen LogP contribution < -0.4 is 15.2 Å². The zero-order valence-electron chi connectivity index (χ0n) is 13.6. The fourth-order valence-corrected chi connectivity index (χ4v) is 2.76. The molecule has 0 unspecified atom stereocenters. The van der Waals surface area contributed by atoms with Gasteiger partial charge in [-0.15, -0.1) is 0 Å². The van der Waals surface area contributed by atoms with E-state index in [1.807, 2.05) is 25.1 Å². The van der Waals surface area contributed by atoms with Gasteiger partial charge in [0, 0.05) is 38.0 Å². The molecule has 0 radical (unpaired) electrons. The van der Waals surface area contributed by atoms with Crippen LogP contribution in [0.1, 0.15) is 18.5 Å². The first-order valence-corrected chi connectivity index (χ1v) is 7.96. The largest absolute Gasteiger partial charge is 0.477 e. The Bertz CT molecular complexity index is 721. The quantitative estimate of drug-likeness (QED) is 0.861. The van der Waals surface area contributed by atoms with E-state index in [0.29, 0.717) is 18.4 Å². The number of pyridine rings is 1. The van der Waals surface area contributed by atoms with E-state index in [2.05, 4.69) is 14.9 Å². The van der Waals surface area contributed by atoms with Crippen molar-refractivity contribution >= 4 is 5.82 Å². The van der Waals surface area contributed by atoms with Crippen LogP contribution in [0.25, 0.3) is 0 Å². The van der Waals surface area contributed by atoms with E-state index in [1.54, 1.807) is 19.4 Å². The summed E-state index contributed by atoms with van der Waals surface area (Å²) in [7, 11) is 1.71. The summed E-state index contributed by atoms with van der Waals surface area (Å²) in [4.78, 5) is 22.6. The summed E-state index contributed by atoms with van der Waals surface area (Å²) in [6, 6.07) is 7.42. The van der Waals surface area contributed by atoms with Crippen molar-refractivity contribution in [2.24, 2.45) is 13.0 Å². The van der Waals surface area contributed by atoms with Gasteiger partial charge in [0.05, 0.1) is 12.9 Å². The number of piperidine rings is 1. The third-order valence-corrected chi connectivity index (χ3v) is 4.23. The van der Waals surface area contributed by atoms with Crippen molar-refractivity contribution in [3.63, 3.8) is 0 Å². The number of anilines is 1. The summed E-state index contributed by atoms with van der Waals surface area (Å²) in [5, 5.41) is 0. The molecule has 1 aliphatic rings. The van der Waals surface area contributed by atoms with Crippen molar-refractivity contribution in [2.75, 3.05) is 24.6 Å². The molecule has 0 amide bonds. The minimum atomic E-state index is -0.0222. The van der Waals surface area contributed by atoms with Crippen LogP contribution >= 0.6 is 0 Å². The second-order valence-electron chi connectivity index (χ2n) is 6.05. The van der Waals surface area contributed by atoms with Crippen molar-refractivity contribution in [3.8, 4) is 5.88 Å². The molecule has 0 spiro atoms. The summed E-state index contributed by atoms with van der Waals surface area (Å²) in [5.41, 5.74) is 0.944. The van der Waals surface area contributed by atoms with E-state index in [9.17, 15) is 4.79 Å². The second kappa shape index (κ2) is 6.81. The Kier molecular flexibility index (Phi) is 4.60. The van der Waals surface area contributed by atoms with Gasteiger partial charge in [0.1, 0.15) is 5.82 Å². The molecule has 2 aromatic rings. The van der Waals surface area contributed by atoms with E-state index >= 15 is 0 Å². The zero-order chi connectivity index (χ0) is 16.2. The molecule has 2 aromatic heterocycles. The molecule has 0 bridgehead atoms. The van der Waals surface area contributed by atoms with Gasteiger partial charge >= 0.3 is 0 Å². The molecule has 0 aliphatic carbocycles. The lowest BCUT2D eigenvalue weighted by atomic mass is 9.98. The molecule has 1 fully saturated rings. The number of rotatable bonds is 4. The molecule has 0 aromatic carbocycles. The number of nitrogens with zero attached hydrogens (tertiary/aromatic N) is 4. The molecular formula is C17H22N4O2. The van der Waals surface area contributed by atoms with Crippen molar-refractivity contribution < 1.29 is 4.74 Å². The van der Waals surface area contributed by atoms with E-state index in [1.165, 1.54) is 4.57 Å². The van der Waals surface area contributed by atoms with Crippen LogP contribution in [0.4, 0.5) is 5.82 Å². The normalized spacial score (nSPS) is 15.7. The molecule has 0 atom stereocenters. The lowest BCUT2D eigenvalue weighted by Crippen LogP contribution is -2.37. The predicted octanol–water partition coefficient (Wildman–Crippen LogP) is 1.78. The molecule has 1 aliphatic heterocycles. The highest BCUT2D eigenvalue weighted by Gasteiger charge is 2.21. The standard InChI is InChI=1S/C17H22N4O2/c1-13-4-3-5-16(19-13)23-11-14-6-8-21(9-7-14)15-10-17(22)20(2)12-18-15/h3-5,10,12,14H,6-9,11H2,1-2H3. The summed E-state index contributed by atoms with van der Waals surface area (Å²) in [6.07, 6.45) is 3.64. The van der Waals surface area contributed by atoms with Gasteiger partial charge in [0.25, 0.3) is 5.56 Å². The number of aryl methyl sites for hydroxylation is 2. The third kappa shape index (κ3) is 3.88. The van der Waals surface area contributed by atoms with Crippen molar-refractivity contribution in [3.05, 3.63) is 46.6 Å². The number of hydrogen-bond donors (Lipinski definition) is 0. The van der Waals surface area contributed by atoms with E-state index in [-0.39, 0.29) is 5.56 Å². The molecule has 3 heterocycles. The van der Waals surface area contributed by atoms with Gasteiger partial charge in [-0.1, -0.05) is 6.07 Å². The number of ether oxygens (including phenoxy) is 1. The second-order valence-corrected chi connectivity index (χ2v) is 6.05. The van der Waals surface area contributed by atoms with Crippen LogP contribution in [0.15, 0.2) is 35.4 Å².